The first-order chi connectivity index (χ1) is 10.4. The van der Waals surface area contributed by atoms with E-state index in [9.17, 15) is 0 Å². The molecule has 0 spiro atoms. The van der Waals surface area contributed by atoms with Crippen LogP contribution in [0.15, 0.2) is 6.20 Å². The van der Waals surface area contributed by atoms with Crippen LogP contribution < -0.4 is 5.32 Å². The molecule has 2 aliphatic heterocycles. The van der Waals surface area contributed by atoms with E-state index in [-0.39, 0.29) is 17.8 Å². The van der Waals surface area contributed by atoms with Gasteiger partial charge in [-0.3, -0.25) is 9.58 Å². The minimum atomic E-state index is 0. The standard InChI is InChI=1S/C18H32N4.ClH/c1-18(2,3)17-15(12-21(4)20-17)13-22-10-7-14(8-11-22)16-6-5-9-19-16;/h12,14,16,19H,5-11,13H2,1-4H3;1H. The van der Waals surface area contributed by atoms with Crippen molar-refractivity contribution >= 4 is 12.4 Å². The Balaban J connectivity index is 0.00000192. The minimum absolute atomic E-state index is 0. The highest BCUT2D eigenvalue weighted by atomic mass is 35.5. The summed E-state index contributed by atoms with van der Waals surface area (Å²) >= 11 is 0. The predicted octanol–water partition coefficient (Wildman–Crippen LogP) is 3.10. The van der Waals surface area contributed by atoms with Crippen molar-refractivity contribution in [3.05, 3.63) is 17.5 Å². The van der Waals surface area contributed by atoms with E-state index in [0.29, 0.717) is 0 Å². The van der Waals surface area contributed by atoms with Crippen molar-refractivity contribution in [1.29, 1.82) is 0 Å². The van der Waals surface area contributed by atoms with E-state index in [4.69, 9.17) is 5.10 Å². The summed E-state index contributed by atoms with van der Waals surface area (Å²) in [6.45, 7) is 11.5. The summed E-state index contributed by atoms with van der Waals surface area (Å²) in [5.74, 6) is 0.898. The van der Waals surface area contributed by atoms with Crippen molar-refractivity contribution in [3.8, 4) is 0 Å². The van der Waals surface area contributed by atoms with Crippen LogP contribution in [0.1, 0.15) is 57.7 Å². The highest BCUT2D eigenvalue weighted by Gasteiger charge is 2.29. The molecule has 2 fully saturated rings. The fourth-order valence-corrected chi connectivity index (χ4v) is 4.15. The van der Waals surface area contributed by atoms with Crippen LogP contribution in [-0.2, 0) is 19.0 Å². The lowest BCUT2D eigenvalue weighted by molar-refractivity contribution is 0.157. The number of rotatable bonds is 3. The van der Waals surface area contributed by atoms with Gasteiger partial charge in [0.25, 0.3) is 0 Å². The number of hydrogen-bond acceptors (Lipinski definition) is 3. The van der Waals surface area contributed by atoms with Gasteiger partial charge in [0.15, 0.2) is 0 Å². The summed E-state index contributed by atoms with van der Waals surface area (Å²) in [6, 6.07) is 0.797. The molecule has 1 aromatic heterocycles. The molecular formula is C18H33ClN4. The van der Waals surface area contributed by atoms with E-state index in [0.717, 1.165) is 18.5 Å². The first-order valence-electron chi connectivity index (χ1n) is 8.92. The quantitative estimate of drug-likeness (QED) is 0.917. The Hall–Kier alpha value is -0.580. The second kappa shape index (κ2) is 7.54. The first-order valence-corrected chi connectivity index (χ1v) is 8.92. The topological polar surface area (TPSA) is 33.1 Å². The molecule has 0 aliphatic carbocycles. The summed E-state index contributed by atoms with van der Waals surface area (Å²) in [6.07, 6.45) is 7.67. The third-order valence-electron chi connectivity index (χ3n) is 5.31. The van der Waals surface area contributed by atoms with Crippen LogP contribution in [0.5, 0.6) is 0 Å². The molecule has 1 aromatic rings. The Morgan fingerprint density at radius 3 is 2.48 bits per heavy atom. The summed E-state index contributed by atoms with van der Waals surface area (Å²) in [5, 5.41) is 8.40. The molecule has 2 aliphatic rings. The van der Waals surface area contributed by atoms with Crippen LogP contribution in [0.4, 0.5) is 0 Å². The van der Waals surface area contributed by atoms with E-state index in [1.807, 2.05) is 11.7 Å². The van der Waals surface area contributed by atoms with Crippen molar-refractivity contribution < 1.29 is 0 Å². The van der Waals surface area contributed by atoms with Gasteiger partial charge >= 0.3 is 0 Å². The number of nitrogens with one attached hydrogen (secondary N) is 1. The maximum atomic E-state index is 4.71. The molecule has 132 valence electrons. The lowest BCUT2D eigenvalue weighted by atomic mass is 9.87. The Morgan fingerprint density at radius 1 is 1.22 bits per heavy atom. The van der Waals surface area contributed by atoms with Crippen LogP contribution in [0.2, 0.25) is 0 Å². The van der Waals surface area contributed by atoms with E-state index >= 15 is 0 Å². The van der Waals surface area contributed by atoms with Crippen LogP contribution in [-0.4, -0.2) is 40.4 Å². The second-order valence-electron chi connectivity index (χ2n) is 8.24. The first kappa shape index (κ1) is 18.8. The average molecular weight is 341 g/mol. The summed E-state index contributed by atoms with van der Waals surface area (Å²) in [4.78, 5) is 2.62. The molecule has 2 saturated heterocycles. The molecule has 3 rings (SSSR count). The lowest BCUT2D eigenvalue weighted by Crippen LogP contribution is -2.40. The molecule has 1 unspecified atom stereocenters. The van der Waals surface area contributed by atoms with Gasteiger partial charge in [0.2, 0.25) is 0 Å². The Labute approximate surface area is 147 Å². The number of aromatic nitrogens is 2. The fraction of sp³-hybridized carbons (Fsp3) is 0.833. The van der Waals surface area contributed by atoms with Gasteiger partial charge < -0.3 is 5.32 Å². The van der Waals surface area contributed by atoms with Crippen molar-refractivity contribution in [1.82, 2.24) is 20.0 Å². The van der Waals surface area contributed by atoms with Crippen molar-refractivity contribution in [2.75, 3.05) is 19.6 Å². The molecule has 0 saturated carbocycles. The molecule has 4 nitrogen and oxygen atoms in total. The van der Waals surface area contributed by atoms with Crippen molar-refractivity contribution in [2.24, 2.45) is 13.0 Å². The van der Waals surface area contributed by atoms with Gasteiger partial charge in [-0.2, -0.15) is 5.10 Å². The number of nitrogens with zero attached hydrogens (tertiary/aromatic N) is 3. The molecule has 0 radical (unpaired) electrons. The zero-order valence-electron chi connectivity index (χ0n) is 15.1. The van der Waals surface area contributed by atoms with E-state index in [1.165, 1.54) is 56.6 Å². The lowest BCUT2D eigenvalue weighted by Gasteiger charge is -2.35. The molecule has 1 atom stereocenters. The SMILES string of the molecule is Cl.Cn1cc(CN2CCC(C3CCCN3)CC2)c(C(C)(C)C)n1. The molecule has 3 heterocycles. The predicted molar refractivity (Wildman–Crippen MR) is 98.2 cm³/mol. The third-order valence-corrected chi connectivity index (χ3v) is 5.31. The zero-order valence-corrected chi connectivity index (χ0v) is 16.0. The molecule has 23 heavy (non-hydrogen) atoms. The third kappa shape index (κ3) is 4.49. The largest absolute Gasteiger partial charge is 0.314 e. The monoisotopic (exact) mass is 340 g/mol. The molecule has 0 amide bonds. The summed E-state index contributed by atoms with van der Waals surface area (Å²) in [5.41, 5.74) is 2.80. The van der Waals surface area contributed by atoms with Gasteiger partial charge in [0.1, 0.15) is 0 Å². The fourth-order valence-electron chi connectivity index (χ4n) is 4.15. The molecule has 0 aromatic carbocycles. The van der Waals surface area contributed by atoms with Gasteiger partial charge in [0, 0.05) is 36.8 Å². The van der Waals surface area contributed by atoms with Gasteiger partial charge in [-0.25, -0.2) is 0 Å². The highest BCUT2D eigenvalue weighted by molar-refractivity contribution is 5.85. The number of piperidine rings is 1. The van der Waals surface area contributed by atoms with E-state index < -0.39 is 0 Å². The molecule has 5 heteroatoms. The minimum Gasteiger partial charge on any atom is -0.314 e. The smallest absolute Gasteiger partial charge is 0.0722 e. The maximum absolute atomic E-state index is 4.71. The Morgan fingerprint density at radius 2 is 1.91 bits per heavy atom. The van der Waals surface area contributed by atoms with Crippen LogP contribution in [0.25, 0.3) is 0 Å². The number of aryl methyl sites for hydroxylation is 1. The second-order valence-corrected chi connectivity index (χ2v) is 8.24. The van der Waals surface area contributed by atoms with Gasteiger partial charge in [-0.1, -0.05) is 20.8 Å². The van der Waals surface area contributed by atoms with Crippen molar-refractivity contribution in [2.45, 2.75) is 64.5 Å². The van der Waals surface area contributed by atoms with Gasteiger partial charge in [-0.05, 0) is 51.2 Å². The molecular weight excluding hydrogens is 308 g/mol. The van der Waals surface area contributed by atoms with Crippen LogP contribution in [0, 0.1) is 5.92 Å². The molecule has 0 bridgehead atoms. The molecule has 1 N–H and O–H groups in total. The summed E-state index contributed by atoms with van der Waals surface area (Å²) < 4.78 is 1.98. The Kier molecular flexibility index (Phi) is 6.15. The van der Waals surface area contributed by atoms with Gasteiger partial charge in [0.05, 0.1) is 5.69 Å². The van der Waals surface area contributed by atoms with Crippen molar-refractivity contribution in [3.63, 3.8) is 0 Å². The number of halogens is 1. The number of hydrogen-bond donors (Lipinski definition) is 1. The van der Waals surface area contributed by atoms with Gasteiger partial charge in [-0.15, -0.1) is 12.4 Å². The normalized spacial score (nSPS) is 23.9. The average Bonchev–Trinajstić information content (AvgIpc) is 3.09. The van der Waals surface area contributed by atoms with Crippen LogP contribution >= 0.6 is 12.4 Å². The Bertz CT molecular complexity index is 492. The summed E-state index contributed by atoms with van der Waals surface area (Å²) in [7, 11) is 2.04. The highest BCUT2D eigenvalue weighted by Crippen LogP contribution is 2.29. The number of likely N-dealkylation sites (tertiary alicyclic amines) is 1. The maximum Gasteiger partial charge on any atom is 0.0722 e. The van der Waals surface area contributed by atoms with E-state index in [1.54, 1.807) is 0 Å². The zero-order chi connectivity index (χ0) is 15.7. The van der Waals surface area contributed by atoms with Crippen LogP contribution in [0.3, 0.4) is 0 Å². The van der Waals surface area contributed by atoms with E-state index in [2.05, 4.69) is 37.2 Å².